The van der Waals surface area contributed by atoms with Crippen LogP contribution in [0.1, 0.15) is 45.1 Å². The monoisotopic (exact) mass is 479 g/mol. The molecule has 0 spiro atoms. The van der Waals surface area contributed by atoms with Gasteiger partial charge in [0, 0.05) is 49.0 Å². The molecule has 0 aliphatic carbocycles. The average Bonchev–Trinajstić information content (AvgIpc) is 3.32. The second-order valence-corrected chi connectivity index (χ2v) is 9.51. The lowest BCUT2D eigenvalue weighted by Gasteiger charge is -2.40. The van der Waals surface area contributed by atoms with Crippen LogP contribution in [0.15, 0.2) is 66.9 Å². The highest BCUT2D eigenvalue weighted by atomic mass is 35.5. The summed E-state index contributed by atoms with van der Waals surface area (Å²) in [5.41, 5.74) is 2.02. The molecule has 0 radical (unpaired) electrons. The number of nitrogens with one attached hydrogen (secondary N) is 1. The van der Waals surface area contributed by atoms with E-state index < -0.39 is 0 Å². The zero-order valence-electron chi connectivity index (χ0n) is 20.0. The first-order valence-corrected chi connectivity index (χ1v) is 12.6. The molecule has 4 rings (SSSR count). The van der Waals surface area contributed by atoms with Gasteiger partial charge in [-0.3, -0.25) is 5.32 Å². The third-order valence-corrected chi connectivity index (χ3v) is 6.89. The Morgan fingerprint density at radius 3 is 2.50 bits per heavy atom. The first-order chi connectivity index (χ1) is 16.5. The molecule has 0 bridgehead atoms. The van der Waals surface area contributed by atoms with Gasteiger partial charge in [0.2, 0.25) is 0 Å². The molecule has 2 heterocycles. The molecule has 1 saturated heterocycles. The maximum Gasteiger partial charge on any atom is 0.323 e. The van der Waals surface area contributed by atoms with Crippen LogP contribution in [0.2, 0.25) is 5.02 Å². The molecular weight excluding hydrogens is 446 g/mol. The van der Waals surface area contributed by atoms with Gasteiger partial charge in [-0.2, -0.15) is 0 Å². The summed E-state index contributed by atoms with van der Waals surface area (Å²) in [6, 6.07) is 20.2. The molecule has 1 aromatic heterocycles. The van der Waals surface area contributed by atoms with Crippen molar-refractivity contribution in [2.75, 3.05) is 18.4 Å². The average molecular weight is 480 g/mol. The fourth-order valence-corrected chi connectivity index (χ4v) is 4.82. The van der Waals surface area contributed by atoms with Crippen molar-refractivity contribution in [3.8, 4) is 5.69 Å². The number of carbonyl (C=O) groups is 1. The number of carbonyl (C=O) groups excluding carboxylic acids is 1. The normalized spacial score (nSPS) is 15.7. The van der Waals surface area contributed by atoms with Gasteiger partial charge >= 0.3 is 6.03 Å². The number of hydrogen-bond acceptors (Lipinski definition) is 3. The number of piperidine rings is 1. The second-order valence-electron chi connectivity index (χ2n) is 9.07. The molecule has 0 saturated carbocycles. The zero-order valence-corrected chi connectivity index (χ0v) is 20.8. The van der Waals surface area contributed by atoms with Crippen molar-refractivity contribution in [1.82, 2.24) is 19.6 Å². The number of likely N-dealkylation sites (tertiary alicyclic amines) is 1. The molecule has 180 valence electrons. The van der Waals surface area contributed by atoms with Gasteiger partial charge in [0.05, 0.1) is 5.69 Å². The highest BCUT2D eigenvalue weighted by Gasteiger charge is 2.30. The fourth-order valence-electron chi connectivity index (χ4n) is 4.70. The maximum absolute atomic E-state index is 13.5. The van der Waals surface area contributed by atoms with Gasteiger partial charge in [-0.1, -0.05) is 55.3 Å². The van der Waals surface area contributed by atoms with E-state index in [0.29, 0.717) is 23.4 Å². The van der Waals surface area contributed by atoms with E-state index in [1.807, 2.05) is 59.6 Å². The van der Waals surface area contributed by atoms with Crippen LogP contribution in [0.5, 0.6) is 0 Å². The third-order valence-electron chi connectivity index (χ3n) is 6.64. The number of benzene rings is 2. The number of hydrogen-bond donors (Lipinski definition) is 1. The van der Waals surface area contributed by atoms with Crippen molar-refractivity contribution in [1.29, 1.82) is 0 Å². The summed E-state index contributed by atoms with van der Waals surface area (Å²) in [4.78, 5) is 18.0. The first-order valence-electron chi connectivity index (χ1n) is 12.2. The number of anilines is 1. The number of rotatable bonds is 8. The SMILES string of the molecule is CCCC(C)N1CCC(N(Cc2ccccc2)C(=O)Nc2ccn(-c3ccc(Cl)cc3)n2)CC1. The zero-order chi connectivity index (χ0) is 23.9. The Morgan fingerprint density at radius 1 is 1.12 bits per heavy atom. The molecule has 7 heteroatoms. The predicted molar refractivity (Wildman–Crippen MR) is 139 cm³/mol. The molecule has 1 fully saturated rings. The van der Waals surface area contributed by atoms with Crippen LogP contribution in [0.4, 0.5) is 10.6 Å². The minimum absolute atomic E-state index is 0.106. The Labute approximate surface area is 207 Å². The predicted octanol–water partition coefficient (Wildman–Crippen LogP) is 6.21. The van der Waals surface area contributed by atoms with E-state index in [1.165, 1.54) is 12.8 Å². The van der Waals surface area contributed by atoms with E-state index in [0.717, 1.165) is 37.2 Å². The van der Waals surface area contributed by atoms with Crippen molar-refractivity contribution in [2.45, 2.75) is 58.2 Å². The Morgan fingerprint density at radius 2 is 1.82 bits per heavy atom. The van der Waals surface area contributed by atoms with Crippen LogP contribution < -0.4 is 5.32 Å². The Bertz CT molecular complexity index is 1040. The molecule has 1 aliphatic heterocycles. The molecule has 1 atom stereocenters. The summed E-state index contributed by atoms with van der Waals surface area (Å²) in [7, 11) is 0. The van der Waals surface area contributed by atoms with Crippen LogP contribution in [-0.2, 0) is 6.54 Å². The molecule has 1 N–H and O–H groups in total. The maximum atomic E-state index is 13.5. The van der Waals surface area contributed by atoms with Crippen LogP contribution >= 0.6 is 11.6 Å². The Hall–Kier alpha value is -2.83. The number of aromatic nitrogens is 2. The van der Waals surface area contributed by atoms with E-state index >= 15 is 0 Å². The van der Waals surface area contributed by atoms with Crippen molar-refractivity contribution in [2.24, 2.45) is 0 Å². The highest BCUT2D eigenvalue weighted by molar-refractivity contribution is 6.30. The number of halogens is 1. The lowest BCUT2D eigenvalue weighted by Crippen LogP contribution is -2.50. The molecule has 1 unspecified atom stereocenters. The fraction of sp³-hybridized carbons (Fsp3) is 0.407. The van der Waals surface area contributed by atoms with E-state index in [-0.39, 0.29) is 12.1 Å². The minimum Gasteiger partial charge on any atom is -0.317 e. The summed E-state index contributed by atoms with van der Waals surface area (Å²) < 4.78 is 1.74. The van der Waals surface area contributed by atoms with E-state index in [9.17, 15) is 4.79 Å². The van der Waals surface area contributed by atoms with E-state index in [4.69, 9.17) is 11.6 Å². The van der Waals surface area contributed by atoms with Crippen LogP contribution in [0, 0.1) is 0 Å². The highest BCUT2D eigenvalue weighted by Crippen LogP contribution is 2.23. The summed E-state index contributed by atoms with van der Waals surface area (Å²) in [5.74, 6) is 0.534. The lowest BCUT2D eigenvalue weighted by atomic mass is 10.00. The van der Waals surface area contributed by atoms with Gasteiger partial charge in [-0.15, -0.1) is 5.10 Å². The Kier molecular flexibility index (Phi) is 8.25. The van der Waals surface area contributed by atoms with E-state index in [2.05, 4.69) is 41.3 Å². The molecule has 2 amide bonds. The quantitative estimate of drug-likeness (QED) is 0.417. The van der Waals surface area contributed by atoms with Gasteiger partial charge in [-0.05, 0) is 56.0 Å². The van der Waals surface area contributed by atoms with Gasteiger partial charge in [0.1, 0.15) is 0 Å². The second kappa shape index (κ2) is 11.5. The smallest absolute Gasteiger partial charge is 0.317 e. The van der Waals surface area contributed by atoms with E-state index in [1.54, 1.807) is 4.68 Å². The third kappa shape index (κ3) is 6.19. The van der Waals surface area contributed by atoms with Gasteiger partial charge in [0.25, 0.3) is 0 Å². The Balaban J connectivity index is 1.46. The number of nitrogens with zero attached hydrogens (tertiary/aromatic N) is 4. The number of urea groups is 1. The summed E-state index contributed by atoms with van der Waals surface area (Å²) in [5, 5.41) is 8.25. The summed E-state index contributed by atoms with van der Waals surface area (Å²) in [6.45, 7) is 7.18. The minimum atomic E-state index is -0.106. The summed E-state index contributed by atoms with van der Waals surface area (Å²) in [6.07, 6.45) is 6.22. The largest absolute Gasteiger partial charge is 0.323 e. The van der Waals surface area contributed by atoms with Gasteiger partial charge < -0.3 is 9.80 Å². The molecule has 2 aromatic carbocycles. The number of amides is 2. The van der Waals surface area contributed by atoms with Crippen molar-refractivity contribution >= 4 is 23.4 Å². The van der Waals surface area contributed by atoms with Crippen LogP contribution in [0.3, 0.4) is 0 Å². The molecule has 1 aliphatic rings. The molecular formula is C27H34ClN5O. The molecule has 3 aromatic rings. The standard InChI is InChI=1S/C27H34ClN5O/c1-3-7-21(2)31-17-14-24(15-18-31)32(20-22-8-5-4-6-9-22)27(34)29-26-16-19-33(30-26)25-12-10-23(28)11-13-25/h4-6,8-13,16,19,21,24H,3,7,14-15,17-18,20H2,1-2H3,(H,29,30,34). The van der Waals surface area contributed by atoms with Crippen LogP contribution in [-0.4, -0.2) is 50.8 Å². The van der Waals surface area contributed by atoms with Gasteiger partial charge in [0.15, 0.2) is 5.82 Å². The van der Waals surface area contributed by atoms with Crippen molar-refractivity contribution < 1.29 is 4.79 Å². The first kappa shape index (κ1) is 24.3. The van der Waals surface area contributed by atoms with Crippen molar-refractivity contribution in [3.05, 3.63) is 77.4 Å². The summed E-state index contributed by atoms with van der Waals surface area (Å²) >= 11 is 5.99. The van der Waals surface area contributed by atoms with Crippen LogP contribution in [0.25, 0.3) is 5.69 Å². The van der Waals surface area contributed by atoms with Crippen molar-refractivity contribution in [3.63, 3.8) is 0 Å². The topological polar surface area (TPSA) is 53.4 Å². The lowest BCUT2D eigenvalue weighted by molar-refractivity contribution is 0.0989. The molecule has 34 heavy (non-hydrogen) atoms. The van der Waals surface area contributed by atoms with Gasteiger partial charge in [-0.25, -0.2) is 9.48 Å². The molecule has 6 nitrogen and oxygen atoms in total.